The van der Waals surface area contributed by atoms with E-state index in [0.29, 0.717) is 11.6 Å². The third-order valence-electron chi connectivity index (χ3n) is 4.27. The number of nitrogens with zero attached hydrogens (tertiary/aromatic N) is 4. The molecular weight excluding hydrogens is 446 g/mol. The number of ether oxygens (including phenoxy) is 1. The van der Waals surface area contributed by atoms with E-state index in [1.807, 2.05) is 41.5 Å². The molecule has 0 bridgehead atoms. The number of thioether (sulfide) groups is 1. The number of aromatic nitrogens is 2. The van der Waals surface area contributed by atoms with Gasteiger partial charge < -0.3 is 25.2 Å². The average Bonchev–Trinajstić information content (AvgIpc) is 3.06. The van der Waals surface area contributed by atoms with Crippen molar-refractivity contribution in [1.82, 2.24) is 19.1 Å². The van der Waals surface area contributed by atoms with Gasteiger partial charge >= 0.3 is 0 Å². The van der Waals surface area contributed by atoms with Crippen LogP contribution in [0.3, 0.4) is 0 Å². The molecule has 11 nitrogen and oxygen atoms in total. The third kappa shape index (κ3) is 9.41. The molecule has 0 saturated carbocycles. The molecule has 0 aliphatic heterocycles. The first-order chi connectivity index (χ1) is 14.0. The molecule has 0 amide bonds. The van der Waals surface area contributed by atoms with Gasteiger partial charge in [-0.25, -0.2) is 0 Å². The van der Waals surface area contributed by atoms with E-state index in [4.69, 9.17) is 4.74 Å². The summed E-state index contributed by atoms with van der Waals surface area (Å²) in [5, 5.41) is 35.0. The van der Waals surface area contributed by atoms with E-state index in [1.54, 1.807) is 13.8 Å². The minimum Gasteiger partial charge on any atom is -0.472 e. The molecule has 1 aromatic heterocycles. The highest BCUT2D eigenvalue weighted by atomic mass is 32.2. The molecule has 1 rings (SSSR count). The van der Waals surface area contributed by atoms with Gasteiger partial charge in [-0.3, -0.25) is 0 Å². The molecule has 180 valence electrons. The minimum absolute atomic E-state index is 0.00955. The molecule has 31 heavy (non-hydrogen) atoms. The number of hydrogen-bond acceptors (Lipinski definition) is 12. The first-order valence-electron chi connectivity index (χ1n) is 9.85. The second-order valence-electron chi connectivity index (χ2n) is 9.73. The number of hydroxylamine groups is 2. The highest BCUT2D eigenvalue weighted by Crippen LogP contribution is 2.39. The van der Waals surface area contributed by atoms with Gasteiger partial charge in [-0.15, -0.1) is 14.5 Å². The zero-order valence-corrected chi connectivity index (χ0v) is 21.0. The molecular formula is C18H35N5O6S2. The quantitative estimate of drug-likeness (QED) is 0.230. The third-order valence-corrected chi connectivity index (χ3v) is 6.38. The van der Waals surface area contributed by atoms with Crippen LogP contribution in [0.25, 0.3) is 0 Å². The highest BCUT2D eigenvalue weighted by Gasteiger charge is 2.42. The Morgan fingerprint density at radius 1 is 1.19 bits per heavy atom. The van der Waals surface area contributed by atoms with Gasteiger partial charge in [0.25, 0.3) is 11.0 Å². The summed E-state index contributed by atoms with van der Waals surface area (Å²) in [7, 11) is 0. The van der Waals surface area contributed by atoms with Gasteiger partial charge in [0.05, 0.1) is 22.5 Å². The summed E-state index contributed by atoms with van der Waals surface area (Å²) in [5.41, 5.74) is -1.67. The fourth-order valence-electron chi connectivity index (χ4n) is 2.64. The van der Waals surface area contributed by atoms with Crippen molar-refractivity contribution in [2.24, 2.45) is 0 Å². The molecule has 1 unspecified atom stereocenters. The molecule has 0 aliphatic carbocycles. The molecule has 0 fully saturated rings. The molecule has 3 N–H and O–H groups in total. The van der Waals surface area contributed by atoms with E-state index in [0.717, 1.165) is 16.8 Å². The van der Waals surface area contributed by atoms with Crippen molar-refractivity contribution < 1.29 is 25.0 Å². The van der Waals surface area contributed by atoms with Crippen LogP contribution in [-0.4, -0.2) is 76.9 Å². The van der Waals surface area contributed by atoms with Crippen LogP contribution < -0.4 is 10.1 Å². The Labute approximate surface area is 191 Å². The van der Waals surface area contributed by atoms with Crippen LogP contribution in [0.1, 0.15) is 55.4 Å². The van der Waals surface area contributed by atoms with Gasteiger partial charge in [0.1, 0.15) is 19.3 Å². The number of aliphatic hydroxyl groups is 1. The van der Waals surface area contributed by atoms with Gasteiger partial charge in [0.15, 0.2) is 5.03 Å². The fraction of sp³-hybridized carbons (Fsp3) is 0.889. The van der Waals surface area contributed by atoms with Gasteiger partial charge in [-0.2, -0.15) is 9.44 Å². The second kappa shape index (κ2) is 11.1. The van der Waals surface area contributed by atoms with E-state index in [9.17, 15) is 20.4 Å². The monoisotopic (exact) mass is 481 g/mol. The molecule has 0 saturated heterocycles. The lowest BCUT2D eigenvalue weighted by molar-refractivity contribution is -0.757. The lowest BCUT2D eigenvalue weighted by Crippen LogP contribution is -2.58. The lowest BCUT2D eigenvalue weighted by Gasteiger charge is -2.45. The Bertz CT molecular complexity index is 704. The molecule has 0 aliphatic rings. The maximum Gasteiger partial charge on any atom is 0.294 e. The first kappa shape index (κ1) is 27.8. The van der Waals surface area contributed by atoms with E-state index in [-0.39, 0.29) is 24.6 Å². The smallest absolute Gasteiger partial charge is 0.294 e. The van der Waals surface area contributed by atoms with Crippen molar-refractivity contribution in [3.63, 3.8) is 0 Å². The SMILES string of the molecule is CC(C)(C)NC[C@H](O)COc1nsnc1SC(CO[N+](=O)[O-])C(C)(C)N(O)C(C)(C)C. The van der Waals surface area contributed by atoms with Crippen molar-refractivity contribution in [2.75, 3.05) is 19.8 Å². The summed E-state index contributed by atoms with van der Waals surface area (Å²) >= 11 is 2.10. The van der Waals surface area contributed by atoms with Gasteiger partial charge in [0.2, 0.25) is 0 Å². The topological polar surface area (TPSA) is 143 Å². The lowest BCUT2D eigenvalue weighted by atomic mass is 9.94. The van der Waals surface area contributed by atoms with E-state index >= 15 is 0 Å². The van der Waals surface area contributed by atoms with Crippen LogP contribution in [0.4, 0.5) is 0 Å². The van der Waals surface area contributed by atoms with Crippen LogP contribution in [-0.2, 0) is 4.84 Å². The largest absolute Gasteiger partial charge is 0.472 e. The second-order valence-corrected chi connectivity index (χ2v) is 11.5. The standard InChI is InChI=1S/C18H35N5O6S2/c1-16(2,3)19-9-12(24)10-28-14-15(21-31-20-14)30-13(11-29-23(26)27)18(7,8)22(25)17(4,5)6/h12-13,19,24-25H,9-11H2,1-8H3/t12-,13?/m0/s1. The summed E-state index contributed by atoms with van der Waals surface area (Å²) in [6.07, 6.45) is -0.752. The van der Waals surface area contributed by atoms with Crippen molar-refractivity contribution in [3.8, 4) is 5.88 Å². The Hall–Kier alpha value is -1.25. The molecule has 1 heterocycles. The molecule has 0 aromatic carbocycles. The summed E-state index contributed by atoms with van der Waals surface area (Å²) in [4.78, 5) is 15.4. The maximum atomic E-state index is 10.8. The van der Waals surface area contributed by atoms with Crippen molar-refractivity contribution in [3.05, 3.63) is 10.1 Å². The van der Waals surface area contributed by atoms with E-state index in [1.165, 1.54) is 11.8 Å². The number of rotatable bonds is 12. The fourth-order valence-corrected chi connectivity index (χ4v) is 4.37. The Morgan fingerprint density at radius 2 is 1.81 bits per heavy atom. The number of nitrogens with one attached hydrogen (secondary N) is 1. The maximum absolute atomic E-state index is 10.8. The van der Waals surface area contributed by atoms with Crippen LogP contribution in [0.5, 0.6) is 5.88 Å². The minimum atomic E-state index is -0.921. The zero-order chi connectivity index (χ0) is 24.0. The van der Waals surface area contributed by atoms with Crippen molar-refractivity contribution in [1.29, 1.82) is 0 Å². The predicted octanol–water partition coefficient (Wildman–Crippen LogP) is 2.60. The van der Waals surface area contributed by atoms with Crippen molar-refractivity contribution >= 4 is 23.5 Å². The van der Waals surface area contributed by atoms with E-state index < -0.39 is 27.5 Å². The molecule has 1 aromatic rings. The van der Waals surface area contributed by atoms with Crippen LogP contribution in [0.15, 0.2) is 5.03 Å². The van der Waals surface area contributed by atoms with Crippen LogP contribution in [0.2, 0.25) is 0 Å². The number of aliphatic hydroxyl groups excluding tert-OH is 1. The van der Waals surface area contributed by atoms with E-state index in [2.05, 4.69) is 18.9 Å². The van der Waals surface area contributed by atoms with Gasteiger partial charge in [-0.05, 0) is 55.4 Å². The molecule has 0 spiro atoms. The zero-order valence-electron chi connectivity index (χ0n) is 19.4. The molecule has 0 radical (unpaired) electrons. The highest BCUT2D eigenvalue weighted by molar-refractivity contribution is 8.00. The molecule has 13 heteroatoms. The number of β-amino-alcohol motifs (C(OH)–C–C–N with tert-alkyl or cyclic N) is 1. The first-order valence-corrected chi connectivity index (χ1v) is 11.5. The van der Waals surface area contributed by atoms with Gasteiger partial charge in [-0.1, -0.05) is 11.8 Å². The van der Waals surface area contributed by atoms with Crippen molar-refractivity contribution in [2.45, 2.75) is 88.4 Å². The van der Waals surface area contributed by atoms with Crippen LogP contribution in [0, 0.1) is 10.1 Å². The predicted molar refractivity (Wildman–Crippen MR) is 119 cm³/mol. The Kier molecular flexibility index (Phi) is 9.91. The summed E-state index contributed by atoms with van der Waals surface area (Å²) < 4.78 is 14.0. The summed E-state index contributed by atoms with van der Waals surface area (Å²) in [5.74, 6) is 0.229. The molecule has 2 atom stereocenters. The van der Waals surface area contributed by atoms with Gasteiger partial charge in [0, 0.05) is 17.6 Å². The Balaban J connectivity index is 2.92. The Morgan fingerprint density at radius 3 is 2.32 bits per heavy atom. The summed E-state index contributed by atoms with van der Waals surface area (Å²) in [6.45, 7) is 15.1. The average molecular weight is 482 g/mol. The number of hydrogen-bond donors (Lipinski definition) is 3. The normalized spacial score (nSPS) is 15.1. The summed E-state index contributed by atoms with van der Waals surface area (Å²) in [6, 6.07) is 0. The van der Waals surface area contributed by atoms with Crippen LogP contribution >= 0.6 is 23.5 Å².